The number of carbonyl (C=O) groups excluding carboxylic acids is 1. The second kappa shape index (κ2) is 6.47. The van der Waals surface area contributed by atoms with E-state index in [0.717, 1.165) is 0 Å². The Bertz CT molecular complexity index is 278. The first-order chi connectivity index (χ1) is 8.39. The molecule has 106 valence electrons. The molecule has 0 unspecified atom stereocenters. The van der Waals surface area contributed by atoms with Crippen molar-refractivity contribution >= 4 is 5.97 Å². The highest BCUT2D eigenvalue weighted by Gasteiger charge is 2.44. The molecule has 0 radical (unpaired) electrons. The Morgan fingerprint density at radius 2 is 2.11 bits per heavy atom. The summed E-state index contributed by atoms with van der Waals surface area (Å²) in [6.45, 7) is 5.25. The van der Waals surface area contributed by atoms with Gasteiger partial charge in [-0.2, -0.15) is 0 Å². The molecule has 0 aromatic rings. The third-order valence-electron chi connectivity index (χ3n) is 2.73. The fourth-order valence-electron chi connectivity index (χ4n) is 1.99. The smallest absolute Gasteiger partial charge is 0.305 e. The van der Waals surface area contributed by atoms with Crippen molar-refractivity contribution in [3.05, 3.63) is 0 Å². The van der Waals surface area contributed by atoms with Crippen molar-refractivity contribution in [1.29, 1.82) is 0 Å². The molecular weight excluding hydrogens is 240 g/mol. The zero-order chi connectivity index (χ0) is 13.8. The van der Waals surface area contributed by atoms with Crippen LogP contribution in [-0.4, -0.2) is 53.5 Å². The first-order valence-corrected chi connectivity index (χ1v) is 6.19. The molecule has 1 heterocycles. The van der Waals surface area contributed by atoms with E-state index in [1.54, 1.807) is 20.8 Å². The lowest BCUT2D eigenvalue weighted by Gasteiger charge is -2.21. The van der Waals surface area contributed by atoms with Crippen LogP contribution >= 0.6 is 0 Å². The summed E-state index contributed by atoms with van der Waals surface area (Å²) >= 11 is 0. The topological polar surface area (TPSA) is 85.2 Å². The molecule has 0 aromatic carbocycles. The van der Waals surface area contributed by atoms with Crippen LogP contribution in [0.2, 0.25) is 0 Å². The van der Waals surface area contributed by atoms with Gasteiger partial charge in [0.2, 0.25) is 0 Å². The van der Waals surface area contributed by atoms with E-state index in [2.05, 4.69) is 0 Å². The predicted molar refractivity (Wildman–Crippen MR) is 62.8 cm³/mol. The van der Waals surface area contributed by atoms with E-state index in [1.165, 1.54) is 0 Å². The van der Waals surface area contributed by atoms with Crippen molar-refractivity contribution < 1.29 is 29.2 Å². The van der Waals surface area contributed by atoms with E-state index < -0.39 is 24.1 Å². The molecule has 2 N–H and O–H groups in total. The highest BCUT2D eigenvalue weighted by atomic mass is 16.8. The van der Waals surface area contributed by atoms with Gasteiger partial charge in [-0.05, 0) is 27.2 Å². The van der Waals surface area contributed by atoms with Crippen LogP contribution in [0.4, 0.5) is 0 Å². The Hall–Kier alpha value is -0.690. The number of ether oxygens (including phenoxy) is 3. The van der Waals surface area contributed by atoms with E-state index in [4.69, 9.17) is 14.2 Å². The van der Waals surface area contributed by atoms with Crippen LogP contribution in [-0.2, 0) is 19.0 Å². The molecule has 6 nitrogen and oxygen atoms in total. The minimum absolute atomic E-state index is 0.118. The molecule has 18 heavy (non-hydrogen) atoms. The average molecular weight is 262 g/mol. The third-order valence-corrected chi connectivity index (χ3v) is 2.73. The van der Waals surface area contributed by atoms with E-state index in [0.29, 0.717) is 6.61 Å². The van der Waals surface area contributed by atoms with Crippen molar-refractivity contribution in [2.45, 2.75) is 57.7 Å². The quantitative estimate of drug-likeness (QED) is 0.665. The zero-order valence-electron chi connectivity index (χ0n) is 11.1. The maximum absolute atomic E-state index is 11.2. The van der Waals surface area contributed by atoms with Crippen LogP contribution in [0.3, 0.4) is 0 Å². The second-order valence-electron chi connectivity index (χ2n) is 4.73. The molecule has 3 atom stereocenters. The second-order valence-corrected chi connectivity index (χ2v) is 4.73. The summed E-state index contributed by atoms with van der Waals surface area (Å²) in [4.78, 5) is 11.2. The molecule has 1 aliphatic heterocycles. The van der Waals surface area contributed by atoms with Gasteiger partial charge in [0.15, 0.2) is 5.79 Å². The van der Waals surface area contributed by atoms with Crippen molar-refractivity contribution in [3.8, 4) is 0 Å². The minimum atomic E-state index is -0.867. The molecule has 1 saturated heterocycles. The number of aliphatic hydroxyl groups is 2. The number of hydrogen-bond donors (Lipinski definition) is 2. The Balaban J connectivity index is 2.45. The summed E-state index contributed by atoms with van der Waals surface area (Å²) < 4.78 is 15.7. The molecule has 1 fully saturated rings. The van der Waals surface area contributed by atoms with Gasteiger partial charge in [-0.15, -0.1) is 0 Å². The number of hydrogen-bond acceptors (Lipinski definition) is 6. The van der Waals surface area contributed by atoms with Crippen molar-refractivity contribution in [2.75, 3.05) is 13.2 Å². The lowest BCUT2D eigenvalue weighted by Crippen LogP contribution is -2.37. The highest BCUT2D eigenvalue weighted by Crippen LogP contribution is 2.30. The molecule has 0 spiro atoms. The van der Waals surface area contributed by atoms with E-state index in [9.17, 15) is 15.0 Å². The van der Waals surface area contributed by atoms with Crippen molar-refractivity contribution in [3.63, 3.8) is 0 Å². The molecule has 1 rings (SSSR count). The normalized spacial score (nSPS) is 28.1. The fourth-order valence-corrected chi connectivity index (χ4v) is 1.99. The van der Waals surface area contributed by atoms with Gasteiger partial charge in [0.25, 0.3) is 0 Å². The number of aliphatic hydroxyl groups excluding tert-OH is 2. The Kier molecular flexibility index (Phi) is 5.52. The van der Waals surface area contributed by atoms with Gasteiger partial charge in [-0.1, -0.05) is 0 Å². The van der Waals surface area contributed by atoms with Gasteiger partial charge in [0.05, 0.1) is 19.3 Å². The number of esters is 1. The Morgan fingerprint density at radius 1 is 1.44 bits per heavy atom. The fraction of sp³-hybridized carbons (Fsp3) is 0.917. The molecule has 0 amide bonds. The summed E-state index contributed by atoms with van der Waals surface area (Å²) in [5, 5.41) is 19.1. The summed E-state index contributed by atoms with van der Waals surface area (Å²) in [7, 11) is 0. The van der Waals surface area contributed by atoms with Gasteiger partial charge < -0.3 is 24.4 Å². The highest BCUT2D eigenvalue weighted by molar-refractivity contribution is 5.69. The minimum Gasteiger partial charge on any atom is -0.466 e. The molecule has 0 saturated carbocycles. The van der Waals surface area contributed by atoms with E-state index >= 15 is 0 Å². The molecule has 0 aliphatic carbocycles. The Morgan fingerprint density at radius 3 is 2.67 bits per heavy atom. The maximum Gasteiger partial charge on any atom is 0.305 e. The van der Waals surface area contributed by atoms with Crippen molar-refractivity contribution in [2.24, 2.45) is 0 Å². The van der Waals surface area contributed by atoms with Crippen molar-refractivity contribution in [1.82, 2.24) is 0 Å². The monoisotopic (exact) mass is 262 g/mol. The number of carbonyl (C=O) groups is 1. The molecule has 1 aliphatic rings. The average Bonchev–Trinajstić information content (AvgIpc) is 2.62. The summed E-state index contributed by atoms with van der Waals surface area (Å²) in [6, 6.07) is 0. The zero-order valence-corrected chi connectivity index (χ0v) is 11.1. The van der Waals surface area contributed by atoms with Crippen LogP contribution in [0.15, 0.2) is 0 Å². The van der Waals surface area contributed by atoms with Crippen LogP contribution in [0.5, 0.6) is 0 Å². The summed E-state index contributed by atoms with van der Waals surface area (Å²) in [5.74, 6) is -1.18. The SMILES string of the molecule is CCOC(=O)CC[C@@H](O)[C@@H]1OC(C)(C)O[C@@H]1CO. The summed E-state index contributed by atoms with van der Waals surface area (Å²) in [5.41, 5.74) is 0. The first kappa shape index (κ1) is 15.4. The molecule has 0 bridgehead atoms. The van der Waals surface area contributed by atoms with Crippen LogP contribution in [0.25, 0.3) is 0 Å². The maximum atomic E-state index is 11.2. The standard InChI is InChI=1S/C12H22O6/c1-4-16-10(15)6-5-8(14)11-9(7-13)17-12(2,3)18-11/h8-9,11,13-14H,4-7H2,1-3H3/t8-,9-,11+/m1/s1. The lowest BCUT2D eigenvalue weighted by molar-refractivity contribution is -0.158. The van der Waals surface area contributed by atoms with Gasteiger partial charge in [-0.25, -0.2) is 0 Å². The van der Waals surface area contributed by atoms with Gasteiger partial charge >= 0.3 is 5.97 Å². The molecular formula is C12H22O6. The predicted octanol–water partition coefficient (Wildman–Crippen LogP) is 0.203. The van der Waals surface area contributed by atoms with Crippen LogP contribution in [0, 0.1) is 0 Å². The van der Waals surface area contributed by atoms with E-state index in [1.807, 2.05) is 0 Å². The van der Waals surface area contributed by atoms with Gasteiger partial charge in [0.1, 0.15) is 12.2 Å². The largest absolute Gasteiger partial charge is 0.466 e. The van der Waals surface area contributed by atoms with E-state index in [-0.39, 0.29) is 25.4 Å². The summed E-state index contributed by atoms with van der Waals surface area (Å²) in [6.07, 6.45) is -1.72. The molecule has 6 heteroatoms. The van der Waals surface area contributed by atoms with Gasteiger partial charge in [-0.3, -0.25) is 4.79 Å². The lowest BCUT2D eigenvalue weighted by atomic mass is 10.0. The number of rotatable bonds is 6. The molecule has 0 aromatic heterocycles. The van der Waals surface area contributed by atoms with Gasteiger partial charge in [0, 0.05) is 6.42 Å². The first-order valence-electron chi connectivity index (χ1n) is 6.19. The van der Waals surface area contributed by atoms with Crippen LogP contribution in [0.1, 0.15) is 33.6 Å². The Labute approximate surface area is 107 Å². The third kappa shape index (κ3) is 4.20. The van der Waals surface area contributed by atoms with Crippen LogP contribution < -0.4 is 0 Å².